The van der Waals surface area contributed by atoms with Gasteiger partial charge in [0, 0.05) is 24.8 Å². The van der Waals surface area contributed by atoms with Crippen molar-refractivity contribution in [2.24, 2.45) is 4.99 Å². The fourth-order valence-corrected chi connectivity index (χ4v) is 2.14. The number of alkyl halides is 3. The maximum absolute atomic E-state index is 12.2. The topological polar surface area (TPSA) is 55.7 Å². The van der Waals surface area contributed by atoms with E-state index in [2.05, 4.69) is 15.8 Å². The molecule has 0 aliphatic heterocycles. The van der Waals surface area contributed by atoms with Crippen LogP contribution in [0.3, 0.4) is 0 Å². The van der Waals surface area contributed by atoms with Gasteiger partial charge in [-0.25, -0.2) is 0 Å². The van der Waals surface area contributed by atoms with E-state index in [1.165, 1.54) is 7.05 Å². The van der Waals surface area contributed by atoms with Crippen molar-refractivity contribution in [3.8, 4) is 0 Å². The van der Waals surface area contributed by atoms with Gasteiger partial charge in [-0.2, -0.15) is 21.6 Å². The Morgan fingerprint density at radius 3 is 2.33 bits per heavy atom. The second kappa shape index (κ2) is 4.75. The minimum atomic E-state index is -5.63. The number of nitrogens with zero attached hydrogens (tertiary/aromatic N) is 1. The predicted octanol–water partition coefficient (Wildman–Crippen LogP) is 2.55. The van der Waals surface area contributed by atoms with Gasteiger partial charge in [0.2, 0.25) is 0 Å². The summed E-state index contributed by atoms with van der Waals surface area (Å²) >= 11 is 0. The van der Waals surface area contributed by atoms with Crippen molar-refractivity contribution in [3.05, 3.63) is 23.5 Å². The third-order valence-corrected chi connectivity index (χ3v) is 3.33. The molecule has 4 nitrogen and oxygen atoms in total. The molecule has 0 aromatic carbocycles. The monoisotopic (exact) mass is 283 g/mol. The van der Waals surface area contributed by atoms with Crippen LogP contribution in [-0.2, 0) is 14.3 Å². The summed E-state index contributed by atoms with van der Waals surface area (Å²) in [4.78, 5) is 3.87. The summed E-state index contributed by atoms with van der Waals surface area (Å²) in [7, 11) is -4.16. The fourth-order valence-electron chi connectivity index (χ4n) is 1.61. The van der Waals surface area contributed by atoms with Crippen LogP contribution in [0.5, 0.6) is 0 Å². The minimum Gasteiger partial charge on any atom is -0.380 e. The van der Waals surface area contributed by atoms with Crippen molar-refractivity contribution < 1.29 is 25.8 Å². The zero-order chi connectivity index (χ0) is 14.1. The van der Waals surface area contributed by atoms with Crippen molar-refractivity contribution in [2.75, 3.05) is 7.05 Å². The van der Waals surface area contributed by atoms with Crippen LogP contribution >= 0.6 is 0 Å². The summed E-state index contributed by atoms with van der Waals surface area (Å²) in [6, 6.07) is 0. The summed E-state index contributed by atoms with van der Waals surface area (Å²) in [6.45, 7) is 5.13. The van der Waals surface area contributed by atoms with E-state index in [4.69, 9.17) is 0 Å². The maximum Gasteiger partial charge on any atom is 0.534 e. The molecule has 0 atom stereocenters. The van der Waals surface area contributed by atoms with E-state index in [9.17, 15) is 21.6 Å². The Kier molecular flexibility index (Phi) is 3.89. The molecule has 0 amide bonds. The quantitative estimate of drug-likeness (QED) is 0.591. The van der Waals surface area contributed by atoms with Gasteiger partial charge in [0.05, 0.1) is 0 Å². The van der Waals surface area contributed by atoms with Crippen LogP contribution in [-0.4, -0.2) is 26.7 Å². The lowest BCUT2D eigenvalue weighted by molar-refractivity contribution is -0.0523. The van der Waals surface area contributed by atoms with Crippen molar-refractivity contribution in [1.29, 1.82) is 0 Å². The molecule has 102 valence electrons. The Morgan fingerprint density at radius 1 is 1.39 bits per heavy atom. The highest BCUT2D eigenvalue weighted by Crippen LogP contribution is 2.34. The zero-order valence-corrected chi connectivity index (χ0v) is 10.7. The van der Waals surface area contributed by atoms with E-state index in [0.29, 0.717) is 17.7 Å². The first-order valence-corrected chi connectivity index (χ1v) is 6.36. The Morgan fingerprint density at radius 2 is 1.94 bits per heavy atom. The molecule has 0 bridgehead atoms. The molecular formula is C10H12F3NO3S. The van der Waals surface area contributed by atoms with Gasteiger partial charge in [-0.1, -0.05) is 6.58 Å². The average Bonchev–Trinajstić information content (AvgIpc) is 2.58. The van der Waals surface area contributed by atoms with Crippen molar-refractivity contribution in [3.63, 3.8) is 0 Å². The molecule has 8 heteroatoms. The molecule has 1 rings (SSSR count). The third-order valence-electron chi connectivity index (χ3n) is 2.35. The summed E-state index contributed by atoms with van der Waals surface area (Å²) in [6.07, 6.45) is 0.394. The smallest absolute Gasteiger partial charge is 0.380 e. The lowest BCUT2D eigenvalue weighted by Gasteiger charge is -2.11. The average molecular weight is 283 g/mol. The normalized spacial score (nSPS) is 19.5. The van der Waals surface area contributed by atoms with Crippen LogP contribution in [0.4, 0.5) is 13.2 Å². The van der Waals surface area contributed by atoms with Gasteiger partial charge in [0.25, 0.3) is 0 Å². The molecule has 0 unspecified atom stereocenters. The number of halogens is 3. The van der Waals surface area contributed by atoms with Gasteiger partial charge in [0.1, 0.15) is 5.76 Å². The standard InChI is InChI=1S/C10H12F3NO3S/c1-6(2)9-7(14-3)4-5-8(9)17-18(15,16)10(11,12)13/h1,4-5H2,2-3H3. The molecule has 0 spiro atoms. The molecule has 1 aliphatic rings. The van der Waals surface area contributed by atoms with Gasteiger partial charge < -0.3 is 4.18 Å². The number of aliphatic imine (C=N–C) groups is 1. The zero-order valence-electron chi connectivity index (χ0n) is 9.84. The van der Waals surface area contributed by atoms with Crippen molar-refractivity contribution in [1.82, 2.24) is 0 Å². The number of rotatable bonds is 3. The summed E-state index contributed by atoms with van der Waals surface area (Å²) in [5.41, 5.74) is -4.27. The van der Waals surface area contributed by atoms with Crippen molar-refractivity contribution in [2.45, 2.75) is 25.3 Å². The van der Waals surface area contributed by atoms with Crippen LogP contribution in [0.1, 0.15) is 19.8 Å². The predicted molar refractivity (Wildman–Crippen MR) is 60.5 cm³/mol. The van der Waals surface area contributed by atoms with Crippen LogP contribution in [0.2, 0.25) is 0 Å². The van der Waals surface area contributed by atoms with E-state index in [0.717, 1.165) is 0 Å². The highest BCUT2D eigenvalue weighted by molar-refractivity contribution is 7.87. The van der Waals surface area contributed by atoms with E-state index < -0.39 is 15.6 Å². The van der Waals surface area contributed by atoms with Gasteiger partial charge in [-0.3, -0.25) is 4.99 Å². The highest BCUT2D eigenvalue weighted by atomic mass is 32.2. The van der Waals surface area contributed by atoms with E-state index in [1.54, 1.807) is 6.92 Å². The SMILES string of the molecule is C=C(C)C1=C(OS(=O)(=O)C(F)(F)F)CCC1=NC. The highest BCUT2D eigenvalue weighted by Gasteiger charge is 2.49. The number of hydrogen-bond donors (Lipinski definition) is 0. The van der Waals surface area contributed by atoms with Crippen molar-refractivity contribution >= 4 is 15.8 Å². The second-order valence-corrected chi connectivity index (χ2v) is 5.27. The molecule has 0 saturated heterocycles. The molecular weight excluding hydrogens is 271 g/mol. The van der Waals surface area contributed by atoms with E-state index in [-0.39, 0.29) is 17.8 Å². The molecule has 0 aromatic heterocycles. The first kappa shape index (κ1) is 14.7. The summed E-state index contributed by atoms with van der Waals surface area (Å²) in [5.74, 6) is -0.250. The fraction of sp³-hybridized carbons (Fsp3) is 0.500. The molecule has 0 heterocycles. The van der Waals surface area contributed by atoms with Gasteiger partial charge in [-0.15, -0.1) is 0 Å². The van der Waals surface area contributed by atoms with E-state index >= 15 is 0 Å². The number of allylic oxidation sites excluding steroid dienone is 3. The van der Waals surface area contributed by atoms with Crippen LogP contribution in [0.15, 0.2) is 28.5 Å². The first-order chi connectivity index (χ1) is 8.10. The third kappa shape index (κ3) is 2.74. The van der Waals surface area contributed by atoms with Gasteiger partial charge in [0.15, 0.2) is 0 Å². The minimum absolute atomic E-state index is 0.0597. The maximum atomic E-state index is 12.2. The Hall–Kier alpha value is -1.31. The van der Waals surface area contributed by atoms with Crippen LogP contribution in [0, 0.1) is 0 Å². The van der Waals surface area contributed by atoms with E-state index in [1.807, 2.05) is 0 Å². The lowest BCUT2D eigenvalue weighted by atomic mass is 10.1. The first-order valence-electron chi connectivity index (χ1n) is 4.96. The van der Waals surface area contributed by atoms with Crippen LogP contribution in [0.25, 0.3) is 0 Å². The lowest BCUT2D eigenvalue weighted by Crippen LogP contribution is -2.25. The second-order valence-electron chi connectivity index (χ2n) is 3.73. The summed E-state index contributed by atoms with van der Waals surface area (Å²) < 4.78 is 62.6. The van der Waals surface area contributed by atoms with Gasteiger partial charge >= 0.3 is 15.6 Å². The Bertz CT molecular complexity index is 529. The molecule has 0 aromatic rings. The molecule has 0 saturated carbocycles. The Labute approximate surface area is 103 Å². The molecule has 0 fully saturated rings. The number of hydrogen-bond acceptors (Lipinski definition) is 4. The largest absolute Gasteiger partial charge is 0.534 e. The molecule has 0 radical (unpaired) electrons. The van der Waals surface area contributed by atoms with Gasteiger partial charge in [-0.05, 0) is 18.9 Å². The molecule has 1 aliphatic carbocycles. The van der Waals surface area contributed by atoms with Crippen LogP contribution < -0.4 is 0 Å². The Balaban J connectivity index is 3.18. The summed E-state index contributed by atoms with van der Waals surface area (Å²) in [5, 5.41) is 0. The molecule has 0 N–H and O–H groups in total. The molecule has 18 heavy (non-hydrogen) atoms.